The SMILES string of the molecule is COc1ccc(C)cc1NC(=O)Nc1c(C)nn(Cc2ccccc2C)c1C. The van der Waals surface area contributed by atoms with Crippen LogP contribution in [0.4, 0.5) is 16.2 Å². The largest absolute Gasteiger partial charge is 0.495 e. The Balaban J connectivity index is 1.78. The number of carbonyl (C=O) groups excluding carboxylic acids is 1. The number of benzene rings is 2. The molecule has 0 saturated carbocycles. The van der Waals surface area contributed by atoms with E-state index < -0.39 is 0 Å². The molecule has 28 heavy (non-hydrogen) atoms. The van der Waals surface area contributed by atoms with Gasteiger partial charge in [0.1, 0.15) is 5.75 Å². The normalized spacial score (nSPS) is 10.6. The van der Waals surface area contributed by atoms with Crippen LogP contribution in [0, 0.1) is 27.7 Å². The smallest absolute Gasteiger partial charge is 0.323 e. The number of aryl methyl sites for hydroxylation is 3. The highest BCUT2D eigenvalue weighted by atomic mass is 16.5. The molecule has 2 N–H and O–H groups in total. The van der Waals surface area contributed by atoms with Gasteiger partial charge in [-0.25, -0.2) is 4.79 Å². The third kappa shape index (κ3) is 4.17. The van der Waals surface area contributed by atoms with Crippen molar-refractivity contribution in [3.05, 3.63) is 70.5 Å². The summed E-state index contributed by atoms with van der Waals surface area (Å²) < 4.78 is 7.24. The molecule has 6 heteroatoms. The molecule has 0 radical (unpaired) electrons. The minimum atomic E-state index is -0.328. The molecule has 0 aliphatic carbocycles. The maximum absolute atomic E-state index is 12.6. The molecule has 1 heterocycles. The van der Waals surface area contributed by atoms with Crippen LogP contribution in [0.5, 0.6) is 5.75 Å². The number of rotatable bonds is 5. The fourth-order valence-corrected chi connectivity index (χ4v) is 3.17. The average Bonchev–Trinajstić information content (AvgIpc) is 2.91. The van der Waals surface area contributed by atoms with Crippen molar-refractivity contribution in [1.29, 1.82) is 0 Å². The van der Waals surface area contributed by atoms with E-state index in [2.05, 4.69) is 34.8 Å². The number of ether oxygens (including phenoxy) is 1. The summed E-state index contributed by atoms with van der Waals surface area (Å²) in [4.78, 5) is 12.6. The summed E-state index contributed by atoms with van der Waals surface area (Å²) in [6, 6.07) is 13.5. The molecule has 3 aromatic rings. The summed E-state index contributed by atoms with van der Waals surface area (Å²) in [6.07, 6.45) is 0. The van der Waals surface area contributed by atoms with Gasteiger partial charge in [-0.2, -0.15) is 5.10 Å². The molecule has 6 nitrogen and oxygen atoms in total. The molecule has 146 valence electrons. The van der Waals surface area contributed by atoms with Gasteiger partial charge in [-0.3, -0.25) is 4.68 Å². The third-order valence-corrected chi connectivity index (χ3v) is 4.80. The van der Waals surface area contributed by atoms with Crippen molar-refractivity contribution in [2.45, 2.75) is 34.2 Å². The Bertz CT molecular complexity index is 1010. The predicted molar refractivity (Wildman–Crippen MR) is 112 cm³/mol. The monoisotopic (exact) mass is 378 g/mol. The van der Waals surface area contributed by atoms with Crippen LogP contribution in [0.15, 0.2) is 42.5 Å². The van der Waals surface area contributed by atoms with E-state index in [1.165, 1.54) is 11.1 Å². The van der Waals surface area contributed by atoms with Crippen molar-refractivity contribution in [1.82, 2.24) is 9.78 Å². The summed E-state index contributed by atoms with van der Waals surface area (Å²) in [7, 11) is 1.58. The predicted octanol–water partition coefficient (Wildman–Crippen LogP) is 4.82. The number of anilines is 2. The molecule has 0 fully saturated rings. The van der Waals surface area contributed by atoms with Gasteiger partial charge in [0.2, 0.25) is 0 Å². The van der Waals surface area contributed by atoms with Crippen molar-refractivity contribution in [3.63, 3.8) is 0 Å². The lowest BCUT2D eigenvalue weighted by atomic mass is 10.1. The molecule has 0 bridgehead atoms. The Morgan fingerprint density at radius 3 is 2.54 bits per heavy atom. The molecule has 0 spiro atoms. The standard InChI is InChI=1S/C22H26N4O2/c1-14-10-11-20(28-5)19(12-14)23-22(27)24-21-16(3)25-26(17(21)4)13-18-9-7-6-8-15(18)2/h6-12H,13H2,1-5H3,(H2,23,24,27). The Morgan fingerprint density at radius 2 is 1.82 bits per heavy atom. The first kappa shape index (κ1) is 19.5. The van der Waals surface area contributed by atoms with Gasteiger partial charge >= 0.3 is 6.03 Å². The van der Waals surface area contributed by atoms with E-state index in [1.807, 2.05) is 55.8 Å². The zero-order chi connectivity index (χ0) is 20.3. The van der Waals surface area contributed by atoms with Gasteiger partial charge in [-0.05, 0) is 56.5 Å². The lowest BCUT2D eigenvalue weighted by Gasteiger charge is -2.12. The first-order chi connectivity index (χ1) is 13.4. The summed E-state index contributed by atoms with van der Waals surface area (Å²) in [5.41, 5.74) is 6.49. The fraction of sp³-hybridized carbons (Fsp3) is 0.273. The number of nitrogens with one attached hydrogen (secondary N) is 2. The summed E-state index contributed by atoms with van der Waals surface area (Å²) in [5, 5.41) is 10.4. The first-order valence-corrected chi connectivity index (χ1v) is 9.20. The van der Waals surface area contributed by atoms with Gasteiger partial charge in [0, 0.05) is 0 Å². The number of nitrogens with zero attached hydrogens (tertiary/aromatic N) is 2. The molecule has 0 unspecified atom stereocenters. The van der Waals surface area contributed by atoms with Crippen LogP contribution in [-0.4, -0.2) is 22.9 Å². The molecular weight excluding hydrogens is 352 g/mol. The van der Waals surface area contributed by atoms with E-state index in [1.54, 1.807) is 7.11 Å². The van der Waals surface area contributed by atoms with Gasteiger partial charge in [-0.1, -0.05) is 30.3 Å². The van der Waals surface area contributed by atoms with Crippen LogP contribution in [0.3, 0.4) is 0 Å². The zero-order valence-electron chi connectivity index (χ0n) is 17.0. The van der Waals surface area contributed by atoms with E-state index in [9.17, 15) is 4.79 Å². The molecule has 0 aliphatic heterocycles. The number of urea groups is 1. The molecule has 2 amide bonds. The molecule has 1 aromatic heterocycles. The van der Waals surface area contributed by atoms with Gasteiger partial charge < -0.3 is 15.4 Å². The zero-order valence-corrected chi connectivity index (χ0v) is 17.0. The summed E-state index contributed by atoms with van der Waals surface area (Å²) >= 11 is 0. The second-order valence-corrected chi connectivity index (χ2v) is 6.91. The van der Waals surface area contributed by atoms with Crippen LogP contribution in [0.1, 0.15) is 28.1 Å². The number of hydrogen-bond donors (Lipinski definition) is 2. The molecule has 0 aliphatic rings. The molecule has 2 aromatic carbocycles. The number of amides is 2. The summed E-state index contributed by atoms with van der Waals surface area (Å²) in [6.45, 7) is 8.56. The first-order valence-electron chi connectivity index (χ1n) is 9.20. The maximum atomic E-state index is 12.6. The quantitative estimate of drug-likeness (QED) is 0.669. The van der Waals surface area contributed by atoms with Crippen LogP contribution < -0.4 is 15.4 Å². The highest BCUT2D eigenvalue weighted by Gasteiger charge is 2.16. The molecule has 0 saturated heterocycles. The van der Waals surface area contributed by atoms with Crippen LogP contribution in [0.25, 0.3) is 0 Å². The summed E-state index contributed by atoms with van der Waals surface area (Å²) in [5.74, 6) is 0.615. The van der Waals surface area contributed by atoms with Gasteiger partial charge in [0.05, 0.1) is 36.4 Å². The third-order valence-electron chi connectivity index (χ3n) is 4.80. The van der Waals surface area contributed by atoms with E-state index in [0.29, 0.717) is 18.0 Å². The van der Waals surface area contributed by atoms with E-state index in [4.69, 9.17) is 4.74 Å². The van der Waals surface area contributed by atoms with Gasteiger partial charge in [0.15, 0.2) is 0 Å². The number of carbonyl (C=O) groups is 1. The van der Waals surface area contributed by atoms with Crippen molar-refractivity contribution < 1.29 is 9.53 Å². The van der Waals surface area contributed by atoms with E-state index >= 15 is 0 Å². The topological polar surface area (TPSA) is 68.2 Å². The average molecular weight is 378 g/mol. The van der Waals surface area contributed by atoms with Crippen LogP contribution >= 0.6 is 0 Å². The van der Waals surface area contributed by atoms with Crippen molar-refractivity contribution in [2.24, 2.45) is 0 Å². The van der Waals surface area contributed by atoms with Crippen LogP contribution in [0.2, 0.25) is 0 Å². The molecule has 0 atom stereocenters. The minimum Gasteiger partial charge on any atom is -0.495 e. The van der Waals surface area contributed by atoms with Crippen molar-refractivity contribution >= 4 is 17.4 Å². The van der Waals surface area contributed by atoms with Crippen molar-refractivity contribution in [2.75, 3.05) is 17.7 Å². The Labute approximate surface area is 165 Å². The van der Waals surface area contributed by atoms with Gasteiger partial charge in [-0.15, -0.1) is 0 Å². The lowest BCUT2D eigenvalue weighted by molar-refractivity contribution is 0.262. The number of aromatic nitrogens is 2. The van der Waals surface area contributed by atoms with E-state index in [0.717, 1.165) is 22.6 Å². The number of hydrogen-bond acceptors (Lipinski definition) is 3. The van der Waals surface area contributed by atoms with Crippen LogP contribution in [-0.2, 0) is 6.54 Å². The highest BCUT2D eigenvalue weighted by molar-refractivity contribution is 6.01. The second kappa shape index (κ2) is 8.17. The molecular formula is C22H26N4O2. The lowest BCUT2D eigenvalue weighted by Crippen LogP contribution is -2.20. The van der Waals surface area contributed by atoms with Crippen molar-refractivity contribution in [3.8, 4) is 5.75 Å². The fourth-order valence-electron chi connectivity index (χ4n) is 3.17. The number of methoxy groups -OCH3 is 1. The van der Waals surface area contributed by atoms with Gasteiger partial charge in [0.25, 0.3) is 0 Å². The minimum absolute atomic E-state index is 0.328. The Kier molecular flexibility index (Phi) is 5.68. The maximum Gasteiger partial charge on any atom is 0.323 e. The highest BCUT2D eigenvalue weighted by Crippen LogP contribution is 2.26. The Hall–Kier alpha value is -3.28. The second-order valence-electron chi connectivity index (χ2n) is 6.91. The Morgan fingerprint density at radius 1 is 1.07 bits per heavy atom. The molecule has 3 rings (SSSR count). The van der Waals surface area contributed by atoms with E-state index in [-0.39, 0.29) is 6.03 Å².